The number of carbonyl (C=O) groups excluding carboxylic acids is 1. The van der Waals surface area contributed by atoms with Gasteiger partial charge in [-0.15, -0.1) is 0 Å². The second kappa shape index (κ2) is 7.40. The number of amides is 1. The number of nitriles is 1. The minimum Gasteiger partial charge on any atom is -0.444 e. The predicted octanol–water partition coefficient (Wildman–Crippen LogP) is 5.17. The summed E-state index contributed by atoms with van der Waals surface area (Å²) in [6, 6.07) is 11.2. The second-order valence-electron chi connectivity index (χ2n) is 9.84. The Labute approximate surface area is 186 Å². The molecule has 0 aliphatic carbocycles. The molecule has 3 heterocycles. The topological polar surface area (TPSA) is 72.4 Å². The Morgan fingerprint density at radius 1 is 1.28 bits per heavy atom. The minimum atomic E-state index is -0.558. The average Bonchev–Trinajstić information content (AvgIpc) is 3.33. The van der Waals surface area contributed by atoms with E-state index in [1.165, 1.54) is 6.07 Å². The van der Waals surface area contributed by atoms with Gasteiger partial charge < -0.3 is 19.5 Å². The van der Waals surface area contributed by atoms with Crippen LogP contribution in [0.15, 0.2) is 30.3 Å². The number of rotatable bonds is 1. The number of anilines is 1. The van der Waals surface area contributed by atoms with Gasteiger partial charge >= 0.3 is 6.09 Å². The summed E-state index contributed by atoms with van der Waals surface area (Å²) in [7, 11) is 0. The number of halogens is 1. The Bertz CT molecular complexity index is 1250. The van der Waals surface area contributed by atoms with Gasteiger partial charge in [-0.25, -0.2) is 9.18 Å². The number of benzene rings is 2. The quantitative estimate of drug-likeness (QED) is 0.574. The Hall–Kier alpha value is -3.27. The van der Waals surface area contributed by atoms with Crippen molar-refractivity contribution < 1.29 is 13.9 Å². The first kappa shape index (κ1) is 20.6. The number of likely N-dealkylation sites (tertiary alicyclic amines) is 1. The number of fused-ring (bicyclic) bond motifs is 4. The van der Waals surface area contributed by atoms with E-state index in [1.807, 2.05) is 49.9 Å². The zero-order chi connectivity index (χ0) is 22.6. The highest BCUT2D eigenvalue weighted by molar-refractivity contribution is 6.15. The van der Waals surface area contributed by atoms with E-state index in [9.17, 15) is 10.1 Å². The van der Waals surface area contributed by atoms with Crippen molar-refractivity contribution in [3.63, 3.8) is 0 Å². The number of para-hydroxylation sites is 1. The molecule has 2 fully saturated rings. The molecule has 2 aromatic carbocycles. The maximum atomic E-state index is 15.5. The summed E-state index contributed by atoms with van der Waals surface area (Å²) < 4.78 is 21.1. The van der Waals surface area contributed by atoms with Gasteiger partial charge in [-0.05, 0) is 51.7 Å². The number of ether oxygens (including phenoxy) is 1. The van der Waals surface area contributed by atoms with Crippen LogP contribution in [0.3, 0.4) is 0 Å². The number of aromatic nitrogens is 1. The molecule has 32 heavy (non-hydrogen) atoms. The van der Waals surface area contributed by atoms with E-state index in [1.54, 1.807) is 0 Å². The second-order valence-corrected chi connectivity index (χ2v) is 9.84. The lowest BCUT2D eigenvalue weighted by molar-refractivity contribution is 0.00670. The number of carbonyl (C=O) groups is 1. The maximum absolute atomic E-state index is 15.5. The molecule has 2 saturated heterocycles. The molecule has 0 radical (unpaired) electrons. The Morgan fingerprint density at radius 3 is 2.81 bits per heavy atom. The van der Waals surface area contributed by atoms with Crippen LogP contribution >= 0.6 is 0 Å². The fourth-order valence-electron chi connectivity index (χ4n) is 5.28. The van der Waals surface area contributed by atoms with Crippen LogP contribution in [0, 0.1) is 23.1 Å². The van der Waals surface area contributed by atoms with Crippen molar-refractivity contribution in [2.45, 2.75) is 45.3 Å². The van der Waals surface area contributed by atoms with Crippen LogP contribution in [0.25, 0.3) is 21.8 Å². The lowest BCUT2D eigenvalue weighted by Crippen LogP contribution is -2.50. The number of aromatic amines is 1. The van der Waals surface area contributed by atoms with Gasteiger partial charge in [-0.2, -0.15) is 5.26 Å². The summed E-state index contributed by atoms with van der Waals surface area (Å²) in [6.45, 7) is 7.47. The summed E-state index contributed by atoms with van der Waals surface area (Å²) in [5.74, 6) is -0.146. The summed E-state index contributed by atoms with van der Waals surface area (Å²) >= 11 is 0. The van der Waals surface area contributed by atoms with Gasteiger partial charge in [0.25, 0.3) is 0 Å². The van der Waals surface area contributed by atoms with Crippen LogP contribution in [0.4, 0.5) is 14.9 Å². The normalized spacial score (nSPS) is 21.1. The van der Waals surface area contributed by atoms with E-state index in [-0.39, 0.29) is 18.1 Å². The number of nitrogens with zero attached hydrogens (tertiary/aromatic N) is 3. The van der Waals surface area contributed by atoms with Crippen LogP contribution < -0.4 is 4.90 Å². The molecule has 2 atom stereocenters. The molecule has 0 saturated carbocycles. The number of hydrogen-bond acceptors (Lipinski definition) is 4. The molecule has 1 amide bonds. The molecule has 0 spiro atoms. The summed E-state index contributed by atoms with van der Waals surface area (Å²) in [5.41, 5.74) is 1.78. The van der Waals surface area contributed by atoms with Crippen molar-refractivity contribution in [2.75, 3.05) is 24.5 Å². The highest BCUT2D eigenvalue weighted by atomic mass is 19.1. The van der Waals surface area contributed by atoms with Crippen molar-refractivity contribution in [2.24, 2.45) is 5.92 Å². The van der Waals surface area contributed by atoms with E-state index < -0.39 is 11.4 Å². The van der Waals surface area contributed by atoms with E-state index in [4.69, 9.17) is 4.74 Å². The third-order valence-corrected chi connectivity index (χ3v) is 6.55. The third-order valence-electron chi connectivity index (χ3n) is 6.55. The van der Waals surface area contributed by atoms with Crippen molar-refractivity contribution >= 4 is 33.6 Å². The smallest absolute Gasteiger partial charge is 0.410 e. The Morgan fingerprint density at radius 2 is 2.06 bits per heavy atom. The van der Waals surface area contributed by atoms with Crippen molar-refractivity contribution in [3.05, 3.63) is 41.7 Å². The average molecular weight is 435 g/mol. The lowest BCUT2D eigenvalue weighted by Gasteiger charge is -2.37. The van der Waals surface area contributed by atoms with Gasteiger partial charge in [0, 0.05) is 35.9 Å². The van der Waals surface area contributed by atoms with Gasteiger partial charge in [0.15, 0.2) is 0 Å². The van der Waals surface area contributed by atoms with Gasteiger partial charge in [0.05, 0.1) is 22.8 Å². The number of hydrogen-bond donors (Lipinski definition) is 1. The van der Waals surface area contributed by atoms with E-state index >= 15 is 4.39 Å². The highest BCUT2D eigenvalue weighted by Gasteiger charge is 2.43. The van der Waals surface area contributed by atoms with E-state index in [0.717, 1.165) is 29.1 Å². The van der Waals surface area contributed by atoms with Gasteiger partial charge in [-0.3, -0.25) is 0 Å². The zero-order valence-electron chi connectivity index (χ0n) is 18.6. The van der Waals surface area contributed by atoms with Crippen LogP contribution in [0.2, 0.25) is 0 Å². The fourth-order valence-corrected chi connectivity index (χ4v) is 5.28. The van der Waals surface area contributed by atoms with Crippen molar-refractivity contribution in [1.29, 1.82) is 5.26 Å². The first-order chi connectivity index (χ1) is 15.3. The molecule has 0 bridgehead atoms. The van der Waals surface area contributed by atoms with Gasteiger partial charge in [-0.1, -0.05) is 18.2 Å². The third kappa shape index (κ3) is 3.35. The molecule has 6 nitrogen and oxygen atoms in total. The largest absolute Gasteiger partial charge is 0.444 e. The van der Waals surface area contributed by atoms with Gasteiger partial charge in [0.2, 0.25) is 0 Å². The van der Waals surface area contributed by atoms with Crippen molar-refractivity contribution in [3.8, 4) is 6.07 Å². The van der Waals surface area contributed by atoms with Crippen LogP contribution in [0.5, 0.6) is 0 Å². The molecule has 2 unspecified atom stereocenters. The SMILES string of the molecule is CC(C)(C)OC(=O)N1CCCC2CN(c3c(F)cc(C#N)c4[nH]c5ccccc5c34)CC21. The fraction of sp³-hybridized carbons (Fsp3) is 0.440. The Balaban J connectivity index is 1.57. The van der Waals surface area contributed by atoms with Crippen molar-refractivity contribution in [1.82, 2.24) is 9.88 Å². The molecule has 3 aromatic rings. The first-order valence-electron chi connectivity index (χ1n) is 11.1. The molecule has 1 N–H and O–H groups in total. The van der Waals surface area contributed by atoms with E-state index in [0.29, 0.717) is 36.4 Å². The molecule has 2 aliphatic rings. The van der Waals surface area contributed by atoms with Crippen LogP contribution in [-0.4, -0.2) is 47.3 Å². The molecular weight excluding hydrogens is 407 g/mol. The lowest BCUT2D eigenvalue weighted by atomic mass is 9.92. The zero-order valence-corrected chi connectivity index (χ0v) is 18.6. The minimum absolute atomic E-state index is 0.0195. The number of piperidine rings is 1. The van der Waals surface area contributed by atoms with E-state index in [2.05, 4.69) is 16.0 Å². The van der Waals surface area contributed by atoms with Crippen LogP contribution in [-0.2, 0) is 4.74 Å². The molecule has 5 rings (SSSR count). The maximum Gasteiger partial charge on any atom is 0.410 e. The predicted molar refractivity (Wildman–Crippen MR) is 122 cm³/mol. The standard InChI is InChI=1S/C25H27FN4O2/c1-25(2,3)32-24(31)30-10-6-7-15-13-29(14-20(15)30)23-18(26)11-16(12-27)22-21(23)17-8-4-5-9-19(17)28-22/h4-5,8-9,11,15,20,28H,6-7,10,13-14H2,1-3H3. The molecular formula is C25H27FN4O2. The Kier molecular flexibility index (Phi) is 4.77. The molecule has 2 aliphatic heterocycles. The molecule has 166 valence electrons. The van der Waals surface area contributed by atoms with Crippen LogP contribution in [0.1, 0.15) is 39.2 Å². The highest BCUT2D eigenvalue weighted by Crippen LogP contribution is 2.42. The number of nitrogens with one attached hydrogen (secondary N) is 1. The molecule has 7 heteroatoms. The first-order valence-corrected chi connectivity index (χ1v) is 11.1. The molecule has 1 aromatic heterocycles. The number of H-pyrrole nitrogens is 1. The monoisotopic (exact) mass is 434 g/mol. The summed E-state index contributed by atoms with van der Waals surface area (Å²) in [6.07, 6.45) is 1.61. The van der Waals surface area contributed by atoms with Gasteiger partial charge in [0.1, 0.15) is 17.5 Å². The summed E-state index contributed by atoms with van der Waals surface area (Å²) in [4.78, 5) is 20.0. The summed E-state index contributed by atoms with van der Waals surface area (Å²) in [5, 5.41) is 11.2.